The predicted molar refractivity (Wildman–Crippen MR) is 208 cm³/mol. The zero-order chi connectivity index (χ0) is 50.2. The molecule has 13 unspecified atom stereocenters. The van der Waals surface area contributed by atoms with E-state index < -0.39 is 217 Å². The van der Waals surface area contributed by atoms with Gasteiger partial charge in [-0.15, -0.1) is 0 Å². The minimum absolute atomic E-state index is 0.873. The van der Waals surface area contributed by atoms with Crippen LogP contribution in [0.3, 0.4) is 0 Å². The Labute approximate surface area is 386 Å². The molecule has 0 bridgehead atoms. The summed E-state index contributed by atoms with van der Waals surface area (Å²) in [7, 11) is 0. The number of ether oxygens (including phenoxy) is 11. The van der Waals surface area contributed by atoms with Crippen LogP contribution < -0.4 is 5.32 Å². The Kier molecular flexibility index (Phi) is 19.2. The maximum Gasteiger partial charge on any atom is 0.217 e. The van der Waals surface area contributed by atoms with E-state index in [1.165, 1.54) is 13.8 Å². The van der Waals surface area contributed by atoms with Crippen molar-refractivity contribution < 1.29 is 144 Å². The molecule has 6 aliphatic heterocycles. The lowest BCUT2D eigenvalue weighted by Gasteiger charge is -2.52. The van der Waals surface area contributed by atoms with Crippen LogP contribution in [0.5, 0.6) is 0 Å². The second kappa shape index (κ2) is 23.5. The second-order valence-corrected chi connectivity index (χ2v) is 17.5. The summed E-state index contributed by atoms with van der Waals surface area (Å²) in [6.45, 7) is -0.333. The fourth-order valence-electron chi connectivity index (χ4n) is 8.79. The Balaban J connectivity index is 1.33. The third-order valence-corrected chi connectivity index (χ3v) is 12.8. The number of aliphatic hydroxyl groups is 17. The van der Waals surface area contributed by atoms with E-state index in [9.17, 15) is 91.6 Å². The van der Waals surface area contributed by atoms with Crippen LogP contribution in [0.4, 0.5) is 0 Å². The van der Waals surface area contributed by atoms with Gasteiger partial charge in [0.25, 0.3) is 0 Å². The number of carbonyl (C=O) groups is 1. The number of nitrogens with one attached hydrogen (secondary N) is 1. The molecule has 396 valence electrons. The number of carbonyl (C=O) groups excluding carboxylic acids is 1. The van der Waals surface area contributed by atoms with Crippen molar-refractivity contribution in [3.63, 3.8) is 0 Å². The van der Waals surface area contributed by atoms with Crippen LogP contribution in [0, 0.1) is 0 Å². The summed E-state index contributed by atoms with van der Waals surface area (Å²) in [5.74, 6) is -0.873. The molecule has 6 aliphatic rings. The van der Waals surface area contributed by atoms with Gasteiger partial charge in [0.1, 0.15) is 134 Å². The third kappa shape index (κ3) is 11.4. The minimum Gasteiger partial charge on any atom is -0.394 e. The summed E-state index contributed by atoms with van der Waals surface area (Å²) in [6.07, 6.45) is -53.6. The molecule has 6 rings (SSSR count). The molecule has 30 atom stereocenters. The summed E-state index contributed by atoms with van der Waals surface area (Å²) in [5, 5.41) is 184. The monoisotopic (exact) mass is 999 g/mol. The predicted octanol–water partition coefficient (Wildman–Crippen LogP) is -11.9. The van der Waals surface area contributed by atoms with Crippen molar-refractivity contribution in [2.45, 2.75) is 205 Å². The summed E-state index contributed by atoms with van der Waals surface area (Å²) >= 11 is 0. The lowest BCUT2D eigenvalue weighted by Crippen LogP contribution is -2.71. The molecule has 6 fully saturated rings. The van der Waals surface area contributed by atoms with Crippen LogP contribution in [0.25, 0.3) is 0 Å². The highest BCUT2D eigenvalue weighted by molar-refractivity contribution is 5.73. The minimum atomic E-state index is -2.24. The van der Waals surface area contributed by atoms with Gasteiger partial charge in [-0.3, -0.25) is 4.79 Å². The van der Waals surface area contributed by atoms with E-state index >= 15 is 0 Å². The Morgan fingerprint density at radius 2 is 0.750 bits per heavy atom. The molecule has 18 N–H and O–H groups in total. The van der Waals surface area contributed by atoms with Crippen LogP contribution in [0.2, 0.25) is 0 Å². The number of hydrogen-bond donors (Lipinski definition) is 18. The quantitative estimate of drug-likeness (QED) is 0.0724. The number of rotatable bonds is 15. The first kappa shape index (κ1) is 55.7. The highest BCUT2D eigenvalue weighted by atomic mass is 16.8. The summed E-state index contributed by atoms with van der Waals surface area (Å²) in [4.78, 5) is 12.9. The standard InChI is InChI=1S/C38H65NO29/c1-8-16(45)20(49)23(52)35(58-8)64-28-14(7-43)63-34(15(39-10(3)44)30(28)66-37-25(54)22(51)18(47)11(4-40)61-37)67-31-19(48)12(5-41)62-38(27(31)56)65-29-13(6-42)60-33(57)26(55)32(29)68-36-24(53)21(50)17(46)9(2)59-36/h8-9,11-38,40-43,45-57H,4-7H2,1-3H3,(H,39,44)/t8?,9?,11?,12?,13?,14?,15-,16+,17+,18-,19-,20-,21?,22?,23?,24-,25-,26-,27?,28+,29+,30?,31-,32?,33?,34-,35-,36-,37-,38-/m0/s1. The number of amides is 1. The third-order valence-electron chi connectivity index (χ3n) is 12.8. The Morgan fingerprint density at radius 3 is 1.24 bits per heavy atom. The molecule has 30 nitrogen and oxygen atoms in total. The molecule has 0 aromatic rings. The van der Waals surface area contributed by atoms with Gasteiger partial charge in [0.05, 0.1) is 38.6 Å². The average molecular weight is 1000 g/mol. The van der Waals surface area contributed by atoms with Crippen LogP contribution in [-0.2, 0) is 56.9 Å². The maximum absolute atomic E-state index is 12.9. The van der Waals surface area contributed by atoms with Gasteiger partial charge >= 0.3 is 0 Å². The normalized spacial score (nSPS) is 52.6. The van der Waals surface area contributed by atoms with Crippen LogP contribution in [0.1, 0.15) is 20.8 Å². The van der Waals surface area contributed by atoms with E-state index in [0.29, 0.717) is 0 Å². The molecular formula is C38H65NO29. The summed E-state index contributed by atoms with van der Waals surface area (Å²) < 4.78 is 63.6. The van der Waals surface area contributed by atoms with Gasteiger partial charge in [-0.25, -0.2) is 0 Å². The van der Waals surface area contributed by atoms with Crippen LogP contribution >= 0.6 is 0 Å². The SMILES string of the molecule is CC(=O)N[C@H]1C(O[C@@H]2OC(CO)[C@H](O)C(O)[C@@H]2O)[C@H](O[C@@H]2OC(C)[C@@H](O)[C@H](O)C2O)C(CO)O[C@H]1O[C@@H]1C(O)[C@H](O[C@@H]2C(CO)OC(O)[C@@H](O)C2O[C@@H]2OC(C)[C@@H](O)C(O)[C@@H]2O)OC(CO)[C@@H]1O. The molecule has 68 heavy (non-hydrogen) atoms. The zero-order valence-electron chi connectivity index (χ0n) is 36.7. The van der Waals surface area contributed by atoms with Gasteiger partial charge in [-0.05, 0) is 13.8 Å². The first-order chi connectivity index (χ1) is 32.1. The van der Waals surface area contributed by atoms with E-state index in [-0.39, 0.29) is 0 Å². The summed E-state index contributed by atoms with van der Waals surface area (Å²) in [6, 6.07) is -1.81. The first-order valence-corrected chi connectivity index (χ1v) is 21.8. The van der Waals surface area contributed by atoms with Gasteiger partial charge in [0.2, 0.25) is 5.91 Å². The van der Waals surface area contributed by atoms with Gasteiger partial charge < -0.3 is 144 Å². The van der Waals surface area contributed by atoms with Crippen molar-refractivity contribution in [1.29, 1.82) is 0 Å². The Hall–Kier alpha value is -1.65. The molecule has 0 aromatic heterocycles. The van der Waals surface area contributed by atoms with Crippen LogP contribution in [-0.4, -0.2) is 303 Å². The molecule has 6 heterocycles. The second-order valence-electron chi connectivity index (χ2n) is 17.5. The lowest BCUT2D eigenvalue weighted by molar-refractivity contribution is -0.397. The smallest absolute Gasteiger partial charge is 0.217 e. The van der Waals surface area contributed by atoms with Crippen molar-refractivity contribution in [1.82, 2.24) is 5.32 Å². The highest BCUT2D eigenvalue weighted by Gasteiger charge is 2.58. The topological polar surface area (TPSA) is 475 Å². The molecule has 0 spiro atoms. The zero-order valence-corrected chi connectivity index (χ0v) is 36.7. The molecule has 0 radical (unpaired) electrons. The molecular weight excluding hydrogens is 934 g/mol. The fourth-order valence-corrected chi connectivity index (χ4v) is 8.79. The first-order valence-electron chi connectivity index (χ1n) is 21.8. The van der Waals surface area contributed by atoms with E-state index in [2.05, 4.69) is 5.32 Å². The van der Waals surface area contributed by atoms with E-state index in [0.717, 1.165) is 6.92 Å². The van der Waals surface area contributed by atoms with Gasteiger partial charge in [0.15, 0.2) is 37.7 Å². The lowest BCUT2D eigenvalue weighted by atomic mass is 9.93. The highest BCUT2D eigenvalue weighted by Crippen LogP contribution is 2.38. The van der Waals surface area contributed by atoms with E-state index in [4.69, 9.17) is 52.1 Å². The largest absolute Gasteiger partial charge is 0.394 e. The molecule has 0 aliphatic carbocycles. The van der Waals surface area contributed by atoms with Gasteiger partial charge in [0, 0.05) is 6.92 Å². The van der Waals surface area contributed by atoms with Crippen molar-refractivity contribution >= 4 is 5.91 Å². The average Bonchev–Trinajstić information content (AvgIpc) is 3.31. The molecule has 30 heteroatoms. The van der Waals surface area contributed by atoms with E-state index in [1.54, 1.807) is 0 Å². The van der Waals surface area contributed by atoms with Gasteiger partial charge in [-0.2, -0.15) is 0 Å². The van der Waals surface area contributed by atoms with Crippen molar-refractivity contribution in [2.24, 2.45) is 0 Å². The molecule has 1 amide bonds. The maximum atomic E-state index is 12.9. The number of aliphatic hydroxyl groups excluding tert-OH is 17. The van der Waals surface area contributed by atoms with E-state index in [1.807, 2.05) is 0 Å². The van der Waals surface area contributed by atoms with Crippen LogP contribution in [0.15, 0.2) is 0 Å². The van der Waals surface area contributed by atoms with Gasteiger partial charge in [-0.1, -0.05) is 0 Å². The number of hydrogen-bond acceptors (Lipinski definition) is 29. The molecule has 0 aromatic carbocycles. The molecule has 0 saturated carbocycles. The van der Waals surface area contributed by atoms with Crippen molar-refractivity contribution in [3.05, 3.63) is 0 Å². The van der Waals surface area contributed by atoms with Crippen molar-refractivity contribution in [3.8, 4) is 0 Å². The Morgan fingerprint density at radius 1 is 0.382 bits per heavy atom. The molecule has 6 saturated heterocycles. The van der Waals surface area contributed by atoms with Crippen molar-refractivity contribution in [2.75, 3.05) is 26.4 Å². The fraction of sp³-hybridized carbons (Fsp3) is 0.974. The summed E-state index contributed by atoms with van der Waals surface area (Å²) in [5.41, 5.74) is 0. The Bertz CT molecular complexity index is 1590.